The van der Waals surface area contributed by atoms with Crippen LogP contribution in [0.1, 0.15) is 26.3 Å². The Hall–Kier alpha value is -0.600. The summed E-state index contributed by atoms with van der Waals surface area (Å²) < 4.78 is 0. The molecule has 0 atom stereocenters. The number of hydrogen-bond acceptors (Lipinski definition) is 2. The first-order valence-corrected chi connectivity index (χ1v) is 4.70. The summed E-state index contributed by atoms with van der Waals surface area (Å²) in [5.41, 5.74) is 1.21. The molecule has 13 heavy (non-hydrogen) atoms. The smallest absolute Gasteiger partial charge is 0.0634 e. The summed E-state index contributed by atoms with van der Waals surface area (Å²) in [6.45, 7) is 7.16. The van der Waals surface area contributed by atoms with Crippen molar-refractivity contribution >= 4 is 11.6 Å². The van der Waals surface area contributed by atoms with Crippen molar-refractivity contribution in [3.8, 4) is 0 Å². The Balaban J connectivity index is 2.60. The fourth-order valence-electron chi connectivity index (χ4n) is 0.908. The molecule has 0 radical (unpaired) electrons. The third kappa shape index (κ3) is 3.75. The van der Waals surface area contributed by atoms with Crippen LogP contribution in [0.25, 0.3) is 0 Å². The molecule has 0 aromatic carbocycles. The quantitative estimate of drug-likeness (QED) is 0.791. The molecule has 1 aromatic rings. The maximum absolute atomic E-state index is 5.95. The van der Waals surface area contributed by atoms with Crippen LogP contribution in [0.3, 0.4) is 0 Å². The van der Waals surface area contributed by atoms with Crippen molar-refractivity contribution < 1.29 is 0 Å². The van der Waals surface area contributed by atoms with Crippen LogP contribution in [-0.2, 0) is 6.54 Å². The lowest BCUT2D eigenvalue weighted by Crippen LogP contribution is -2.35. The van der Waals surface area contributed by atoms with Gasteiger partial charge in [-0.1, -0.05) is 11.6 Å². The Labute approximate surface area is 84.3 Å². The third-order valence-corrected chi connectivity index (χ3v) is 2.01. The SMILES string of the molecule is CC(C)(C)NCc1ccncc1Cl. The van der Waals surface area contributed by atoms with Crippen LogP contribution in [0.4, 0.5) is 0 Å². The van der Waals surface area contributed by atoms with Gasteiger partial charge >= 0.3 is 0 Å². The van der Waals surface area contributed by atoms with Crippen LogP contribution >= 0.6 is 11.6 Å². The maximum Gasteiger partial charge on any atom is 0.0634 e. The van der Waals surface area contributed by atoms with Gasteiger partial charge in [0.15, 0.2) is 0 Å². The molecule has 0 bridgehead atoms. The van der Waals surface area contributed by atoms with E-state index in [-0.39, 0.29) is 5.54 Å². The van der Waals surface area contributed by atoms with Crippen molar-refractivity contribution in [2.45, 2.75) is 32.9 Å². The van der Waals surface area contributed by atoms with E-state index in [1.54, 1.807) is 12.4 Å². The second-order valence-electron chi connectivity index (χ2n) is 4.07. The molecule has 0 spiro atoms. The molecule has 1 aromatic heterocycles. The first-order chi connectivity index (χ1) is 5.99. The predicted octanol–water partition coefficient (Wildman–Crippen LogP) is 2.62. The fraction of sp³-hybridized carbons (Fsp3) is 0.500. The van der Waals surface area contributed by atoms with Crippen molar-refractivity contribution in [3.05, 3.63) is 29.0 Å². The number of halogens is 1. The Morgan fingerprint density at radius 3 is 2.69 bits per heavy atom. The minimum absolute atomic E-state index is 0.118. The molecule has 0 aliphatic rings. The predicted molar refractivity (Wildman–Crippen MR) is 55.8 cm³/mol. The summed E-state index contributed by atoms with van der Waals surface area (Å²) in [6.07, 6.45) is 3.42. The molecule has 2 nitrogen and oxygen atoms in total. The first-order valence-electron chi connectivity index (χ1n) is 4.32. The van der Waals surface area contributed by atoms with Gasteiger partial charge in [-0.3, -0.25) is 4.98 Å². The van der Waals surface area contributed by atoms with Gasteiger partial charge < -0.3 is 5.32 Å². The molecule has 0 amide bonds. The Morgan fingerprint density at radius 1 is 1.46 bits per heavy atom. The average Bonchev–Trinajstić information content (AvgIpc) is 2.01. The van der Waals surface area contributed by atoms with Gasteiger partial charge in [-0.05, 0) is 32.4 Å². The van der Waals surface area contributed by atoms with Crippen LogP contribution in [-0.4, -0.2) is 10.5 Å². The van der Waals surface area contributed by atoms with E-state index < -0.39 is 0 Å². The van der Waals surface area contributed by atoms with Crippen LogP contribution in [0.15, 0.2) is 18.5 Å². The van der Waals surface area contributed by atoms with Gasteiger partial charge in [-0.15, -0.1) is 0 Å². The largest absolute Gasteiger partial charge is 0.308 e. The number of rotatable bonds is 2. The minimum Gasteiger partial charge on any atom is -0.308 e. The summed E-state index contributed by atoms with van der Waals surface area (Å²) in [5.74, 6) is 0. The Kier molecular flexibility index (Phi) is 3.28. The minimum atomic E-state index is 0.118. The van der Waals surface area contributed by atoms with E-state index in [9.17, 15) is 0 Å². The van der Waals surface area contributed by atoms with Crippen molar-refractivity contribution in [1.82, 2.24) is 10.3 Å². The van der Waals surface area contributed by atoms with Gasteiger partial charge in [0.25, 0.3) is 0 Å². The lowest BCUT2D eigenvalue weighted by Gasteiger charge is -2.20. The third-order valence-electron chi connectivity index (χ3n) is 1.67. The second kappa shape index (κ2) is 4.07. The monoisotopic (exact) mass is 198 g/mol. The van der Waals surface area contributed by atoms with E-state index in [1.807, 2.05) is 6.07 Å². The van der Waals surface area contributed by atoms with E-state index in [0.717, 1.165) is 17.1 Å². The number of nitrogens with one attached hydrogen (secondary N) is 1. The summed E-state index contributed by atoms with van der Waals surface area (Å²) in [4.78, 5) is 3.93. The van der Waals surface area contributed by atoms with Gasteiger partial charge in [0.2, 0.25) is 0 Å². The van der Waals surface area contributed by atoms with Gasteiger partial charge in [0.05, 0.1) is 5.02 Å². The molecular weight excluding hydrogens is 184 g/mol. The zero-order valence-corrected chi connectivity index (χ0v) is 9.02. The summed E-state index contributed by atoms with van der Waals surface area (Å²) >= 11 is 5.95. The molecule has 0 aliphatic carbocycles. The number of aromatic nitrogens is 1. The van der Waals surface area contributed by atoms with Gasteiger partial charge in [-0.25, -0.2) is 0 Å². The highest BCUT2D eigenvalue weighted by Gasteiger charge is 2.09. The summed E-state index contributed by atoms with van der Waals surface area (Å²) in [6, 6.07) is 1.93. The molecule has 0 saturated carbocycles. The van der Waals surface area contributed by atoms with Crippen LogP contribution in [0.5, 0.6) is 0 Å². The summed E-state index contributed by atoms with van der Waals surface area (Å²) in [5, 5.41) is 4.09. The van der Waals surface area contributed by atoms with Crippen LogP contribution in [0, 0.1) is 0 Å². The van der Waals surface area contributed by atoms with Crippen LogP contribution in [0.2, 0.25) is 5.02 Å². The lowest BCUT2D eigenvalue weighted by atomic mass is 10.1. The molecule has 1 rings (SSSR count). The molecule has 72 valence electrons. The van der Waals surface area contributed by atoms with Crippen molar-refractivity contribution in [3.63, 3.8) is 0 Å². The molecule has 0 aliphatic heterocycles. The molecule has 0 saturated heterocycles. The van der Waals surface area contributed by atoms with Crippen molar-refractivity contribution in [2.24, 2.45) is 0 Å². The second-order valence-corrected chi connectivity index (χ2v) is 4.48. The maximum atomic E-state index is 5.95. The fourth-order valence-corrected chi connectivity index (χ4v) is 1.09. The normalized spacial score (nSPS) is 11.7. The number of pyridine rings is 1. The Bertz CT molecular complexity index is 278. The van der Waals surface area contributed by atoms with Gasteiger partial charge in [0, 0.05) is 24.5 Å². The molecule has 1 heterocycles. The molecular formula is C10H15ClN2. The summed E-state index contributed by atoms with van der Waals surface area (Å²) in [7, 11) is 0. The van der Waals surface area contributed by atoms with E-state index in [1.165, 1.54) is 0 Å². The molecule has 0 fully saturated rings. The highest BCUT2D eigenvalue weighted by atomic mass is 35.5. The molecule has 0 unspecified atom stereocenters. The standard InChI is InChI=1S/C10H15ClN2/c1-10(2,3)13-6-8-4-5-12-7-9(8)11/h4-5,7,13H,6H2,1-3H3. The van der Waals surface area contributed by atoms with Crippen molar-refractivity contribution in [2.75, 3.05) is 0 Å². The van der Waals surface area contributed by atoms with E-state index >= 15 is 0 Å². The zero-order valence-electron chi connectivity index (χ0n) is 8.26. The Morgan fingerprint density at radius 2 is 2.15 bits per heavy atom. The number of hydrogen-bond donors (Lipinski definition) is 1. The van der Waals surface area contributed by atoms with E-state index in [2.05, 4.69) is 31.1 Å². The number of nitrogens with zero attached hydrogens (tertiary/aromatic N) is 1. The zero-order chi connectivity index (χ0) is 9.90. The first kappa shape index (κ1) is 10.5. The molecule has 3 heteroatoms. The van der Waals surface area contributed by atoms with Gasteiger partial charge in [-0.2, -0.15) is 0 Å². The highest BCUT2D eigenvalue weighted by Crippen LogP contribution is 2.13. The average molecular weight is 199 g/mol. The van der Waals surface area contributed by atoms with E-state index in [0.29, 0.717) is 0 Å². The topological polar surface area (TPSA) is 24.9 Å². The van der Waals surface area contributed by atoms with Crippen LogP contribution < -0.4 is 5.32 Å². The highest BCUT2D eigenvalue weighted by molar-refractivity contribution is 6.31. The van der Waals surface area contributed by atoms with Crippen molar-refractivity contribution in [1.29, 1.82) is 0 Å². The van der Waals surface area contributed by atoms with E-state index in [4.69, 9.17) is 11.6 Å². The lowest BCUT2D eigenvalue weighted by molar-refractivity contribution is 0.424. The van der Waals surface area contributed by atoms with Gasteiger partial charge in [0.1, 0.15) is 0 Å². The molecule has 1 N–H and O–H groups in total.